The monoisotopic (exact) mass is 746 g/mol. The Labute approximate surface area is 338 Å². The lowest BCUT2D eigenvalue weighted by Crippen LogP contribution is -2.61. The van der Waals surface area contributed by atoms with E-state index >= 15 is 0 Å². The summed E-state index contributed by atoms with van der Waals surface area (Å²) < 4.78 is 5.06. The van der Waals surface area contributed by atoms with Gasteiger partial charge in [-0.1, -0.05) is 121 Å². The standard InChI is InChI=1S/C54H31BN4/c1-3-15-32(16-4-1)56-45-27-14-28-46-50(45)55(51-47(56)31-39-35-20-8-11-25-42(35)58-43-26-12-9-21-37(43)49(51)53(39)58)40-29-30-44-48(54(40)57(46)33-17-5-2-6-18-33)38-23-13-22-36-34-19-7-10-24-41(34)59(44)52(36)38/h1-31H. The van der Waals surface area contributed by atoms with Crippen molar-refractivity contribution >= 4 is 133 Å². The third kappa shape index (κ3) is 3.52. The van der Waals surface area contributed by atoms with Gasteiger partial charge in [0.05, 0.1) is 38.8 Å². The number of nitrogens with zero attached hydrogens (tertiary/aromatic N) is 4. The zero-order valence-electron chi connectivity index (χ0n) is 31.8. The lowest BCUT2D eigenvalue weighted by molar-refractivity contribution is 1.26. The molecule has 59 heavy (non-hydrogen) atoms. The Bertz CT molecular complexity index is 3920. The molecule has 2 aliphatic rings. The Kier molecular flexibility index (Phi) is 5.46. The van der Waals surface area contributed by atoms with Gasteiger partial charge in [-0.25, -0.2) is 0 Å². The number of anilines is 6. The van der Waals surface area contributed by atoms with E-state index in [-0.39, 0.29) is 6.71 Å². The molecule has 2 aliphatic heterocycles. The van der Waals surface area contributed by atoms with Gasteiger partial charge in [0.25, 0.3) is 6.71 Å². The largest absolute Gasteiger partial charge is 0.311 e. The summed E-state index contributed by atoms with van der Waals surface area (Å²) in [5.74, 6) is 0. The van der Waals surface area contributed by atoms with E-state index in [9.17, 15) is 0 Å². The summed E-state index contributed by atoms with van der Waals surface area (Å²) in [5, 5.41) is 10.4. The second kappa shape index (κ2) is 10.6. The molecular weight excluding hydrogens is 715 g/mol. The first-order valence-electron chi connectivity index (χ1n) is 20.6. The van der Waals surface area contributed by atoms with Crippen molar-refractivity contribution < 1.29 is 0 Å². The summed E-state index contributed by atoms with van der Waals surface area (Å²) in [6.45, 7) is -0.0376. The minimum absolute atomic E-state index is 0.0376. The molecule has 0 saturated heterocycles. The summed E-state index contributed by atoms with van der Waals surface area (Å²) in [7, 11) is 0. The molecule has 0 bridgehead atoms. The molecule has 15 rings (SSSR count). The van der Waals surface area contributed by atoms with E-state index in [1.165, 1.54) is 115 Å². The molecule has 5 heteroatoms. The lowest BCUT2D eigenvalue weighted by Gasteiger charge is -2.44. The number of hydrogen-bond donors (Lipinski definition) is 0. The fourth-order valence-electron chi connectivity index (χ4n) is 11.6. The van der Waals surface area contributed by atoms with Crippen LogP contribution in [0.1, 0.15) is 0 Å². The van der Waals surface area contributed by atoms with Crippen LogP contribution >= 0.6 is 0 Å². The van der Waals surface area contributed by atoms with Gasteiger partial charge in [-0.05, 0) is 83.1 Å². The molecule has 13 aromatic rings. The summed E-state index contributed by atoms with van der Waals surface area (Å²) in [4.78, 5) is 5.13. The van der Waals surface area contributed by atoms with Gasteiger partial charge in [0.1, 0.15) is 0 Å². The first-order chi connectivity index (χ1) is 29.3. The van der Waals surface area contributed by atoms with E-state index < -0.39 is 0 Å². The van der Waals surface area contributed by atoms with Crippen molar-refractivity contribution in [3.8, 4) is 0 Å². The van der Waals surface area contributed by atoms with Crippen LogP contribution in [0, 0.1) is 0 Å². The quantitative estimate of drug-likeness (QED) is 0.164. The van der Waals surface area contributed by atoms with Crippen molar-refractivity contribution in [3.05, 3.63) is 188 Å². The fourth-order valence-corrected chi connectivity index (χ4v) is 11.6. The predicted octanol–water partition coefficient (Wildman–Crippen LogP) is 12.1. The first-order valence-corrected chi connectivity index (χ1v) is 20.6. The third-order valence-electron chi connectivity index (χ3n) is 13.7. The van der Waals surface area contributed by atoms with Crippen LogP contribution in [-0.2, 0) is 0 Å². The lowest BCUT2D eigenvalue weighted by atomic mass is 9.33. The van der Waals surface area contributed by atoms with Crippen LogP contribution < -0.4 is 26.2 Å². The van der Waals surface area contributed by atoms with Crippen LogP contribution in [0.15, 0.2) is 188 Å². The molecule has 0 fully saturated rings. The Hall–Kier alpha value is -7.76. The topological polar surface area (TPSA) is 15.3 Å². The minimum atomic E-state index is -0.0376. The van der Waals surface area contributed by atoms with Crippen molar-refractivity contribution in [2.45, 2.75) is 0 Å². The van der Waals surface area contributed by atoms with E-state index in [0.29, 0.717) is 0 Å². The average Bonchev–Trinajstić information content (AvgIpc) is 4.03. The highest BCUT2D eigenvalue weighted by molar-refractivity contribution is 7.02. The minimum Gasteiger partial charge on any atom is -0.311 e. The van der Waals surface area contributed by atoms with E-state index in [1.54, 1.807) is 0 Å². The maximum atomic E-state index is 2.58. The molecule has 0 spiro atoms. The summed E-state index contributed by atoms with van der Waals surface area (Å²) in [6, 6.07) is 70.2. The molecule has 270 valence electrons. The van der Waals surface area contributed by atoms with Crippen LogP contribution in [0.2, 0.25) is 0 Å². The van der Waals surface area contributed by atoms with Gasteiger partial charge < -0.3 is 18.6 Å². The smallest absolute Gasteiger partial charge is 0.253 e. The van der Waals surface area contributed by atoms with Crippen LogP contribution in [-0.4, -0.2) is 15.5 Å². The molecule has 0 atom stereocenters. The number of para-hydroxylation sites is 6. The Balaban J connectivity index is 1.18. The maximum absolute atomic E-state index is 2.58. The fraction of sp³-hybridized carbons (Fsp3) is 0. The van der Waals surface area contributed by atoms with Crippen LogP contribution in [0.4, 0.5) is 34.1 Å². The van der Waals surface area contributed by atoms with Crippen molar-refractivity contribution in [2.24, 2.45) is 0 Å². The molecule has 4 aromatic heterocycles. The predicted molar refractivity (Wildman–Crippen MR) is 250 cm³/mol. The second-order valence-electron chi connectivity index (χ2n) is 16.4. The molecule has 0 aliphatic carbocycles. The van der Waals surface area contributed by atoms with Crippen LogP contribution in [0.5, 0.6) is 0 Å². The number of rotatable bonds is 2. The van der Waals surface area contributed by atoms with Gasteiger partial charge in [-0.3, -0.25) is 0 Å². The van der Waals surface area contributed by atoms with Crippen LogP contribution in [0.25, 0.3) is 76.2 Å². The van der Waals surface area contributed by atoms with E-state index in [1.807, 2.05) is 0 Å². The van der Waals surface area contributed by atoms with Gasteiger partial charge in [0.15, 0.2) is 0 Å². The number of benzene rings is 9. The van der Waals surface area contributed by atoms with Gasteiger partial charge in [-0.2, -0.15) is 0 Å². The number of hydrogen-bond acceptors (Lipinski definition) is 2. The highest BCUT2D eigenvalue weighted by atomic mass is 15.2. The third-order valence-corrected chi connectivity index (χ3v) is 13.7. The number of aromatic nitrogens is 2. The zero-order chi connectivity index (χ0) is 38.1. The molecule has 0 unspecified atom stereocenters. The van der Waals surface area contributed by atoms with Crippen molar-refractivity contribution in [2.75, 3.05) is 9.80 Å². The molecule has 6 heterocycles. The molecule has 0 saturated carbocycles. The summed E-state index contributed by atoms with van der Waals surface area (Å²) in [6.07, 6.45) is 0. The molecular formula is C54H31BN4. The van der Waals surface area contributed by atoms with Gasteiger partial charge in [0.2, 0.25) is 0 Å². The molecule has 0 radical (unpaired) electrons. The maximum Gasteiger partial charge on any atom is 0.253 e. The van der Waals surface area contributed by atoms with E-state index in [4.69, 9.17) is 0 Å². The van der Waals surface area contributed by atoms with Gasteiger partial charge >= 0.3 is 0 Å². The van der Waals surface area contributed by atoms with Gasteiger partial charge in [0, 0.05) is 71.5 Å². The molecule has 9 aromatic carbocycles. The van der Waals surface area contributed by atoms with E-state index in [2.05, 4.69) is 207 Å². The van der Waals surface area contributed by atoms with Crippen molar-refractivity contribution in [1.29, 1.82) is 0 Å². The van der Waals surface area contributed by atoms with Gasteiger partial charge in [-0.15, -0.1) is 0 Å². The Morgan fingerprint density at radius 3 is 1.59 bits per heavy atom. The Morgan fingerprint density at radius 1 is 0.322 bits per heavy atom. The van der Waals surface area contributed by atoms with Crippen LogP contribution in [0.3, 0.4) is 0 Å². The summed E-state index contributed by atoms with van der Waals surface area (Å²) >= 11 is 0. The highest BCUT2D eigenvalue weighted by Crippen LogP contribution is 2.51. The summed E-state index contributed by atoms with van der Waals surface area (Å²) in [5.41, 5.74) is 18.9. The van der Waals surface area contributed by atoms with Crippen molar-refractivity contribution in [3.63, 3.8) is 0 Å². The normalized spacial score (nSPS) is 13.7. The molecule has 4 nitrogen and oxygen atoms in total. The SMILES string of the molecule is c1ccc(N2c3cccc4c3B(c3ccc5c(c3N4c3ccccc3)c3cccc4c6ccccc6n5c43)c3c2cc2c4ccccc4n4c5ccccc5c3c24)cc1. The molecule has 0 amide bonds. The second-order valence-corrected chi connectivity index (χ2v) is 16.4. The highest BCUT2D eigenvalue weighted by Gasteiger charge is 2.46. The Morgan fingerprint density at radius 2 is 0.864 bits per heavy atom. The average molecular weight is 747 g/mol. The zero-order valence-corrected chi connectivity index (χ0v) is 31.8. The van der Waals surface area contributed by atoms with Crippen molar-refractivity contribution in [1.82, 2.24) is 8.80 Å². The first kappa shape index (κ1) is 30.4. The van der Waals surface area contributed by atoms with E-state index in [0.717, 1.165) is 11.4 Å². The molecule has 0 N–H and O–H groups in total. The number of fused-ring (bicyclic) bond motifs is 18.